The minimum absolute atomic E-state index is 0.0333. The third kappa shape index (κ3) is 6.55. The maximum absolute atomic E-state index is 10.7. The standard InChI is InChI=1S/C5H10NO7P/c1-2-12-5(8)4(7)6-3-13-14(9,10)11/h2-3H2,1H3,(H,6,7)(H2,9,10,11). The molecule has 0 rings (SSSR count). The Morgan fingerprint density at radius 2 is 2.00 bits per heavy atom. The first-order chi connectivity index (χ1) is 6.37. The first kappa shape index (κ1) is 13.1. The van der Waals surface area contributed by atoms with E-state index in [9.17, 15) is 14.2 Å². The summed E-state index contributed by atoms with van der Waals surface area (Å²) in [6.07, 6.45) is 0. The van der Waals surface area contributed by atoms with Gasteiger partial charge in [-0.3, -0.25) is 9.32 Å². The van der Waals surface area contributed by atoms with E-state index in [0.29, 0.717) is 0 Å². The summed E-state index contributed by atoms with van der Waals surface area (Å²) in [5, 5.41) is 1.80. The number of hydrogen-bond donors (Lipinski definition) is 3. The fraction of sp³-hybridized carbons (Fsp3) is 0.600. The van der Waals surface area contributed by atoms with Crippen molar-refractivity contribution < 1.29 is 33.2 Å². The average Bonchev–Trinajstić information content (AvgIpc) is 2.02. The number of rotatable bonds is 4. The first-order valence-corrected chi connectivity index (χ1v) is 5.05. The van der Waals surface area contributed by atoms with Gasteiger partial charge in [0.2, 0.25) is 0 Å². The van der Waals surface area contributed by atoms with E-state index in [1.807, 2.05) is 0 Å². The van der Waals surface area contributed by atoms with Gasteiger partial charge in [-0.15, -0.1) is 0 Å². The second-order valence-corrected chi connectivity index (χ2v) is 3.23. The van der Waals surface area contributed by atoms with Gasteiger partial charge in [-0.05, 0) is 6.92 Å². The Morgan fingerprint density at radius 1 is 1.43 bits per heavy atom. The molecule has 0 radical (unpaired) electrons. The zero-order chi connectivity index (χ0) is 11.2. The number of carbonyl (C=O) groups is 2. The van der Waals surface area contributed by atoms with E-state index < -0.39 is 26.4 Å². The van der Waals surface area contributed by atoms with Gasteiger partial charge in [0.15, 0.2) is 0 Å². The predicted octanol–water partition coefficient (Wildman–Crippen LogP) is -1.27. The van der Waals surface area contributed by atoms with Crippen LogP contribution in [0, 0.1) is 0 Å². The van der Waals surface area contributed by atoms with Gasteiger partial charge in [0.05, 0.1) is 6.61 Å². The highest BCUT2D eigenvalue weighted by atomic mass is 31.2. The van der Waals surface area contributed by atoms with Crippen LogP contribution >= 0.6 is 7.82 Å². The van der Waals surface area contributed by atoms with Crippen LogP contribution in [0.15, 0.2) is 0 Å². The number of carbonyl (C=O) groups excluding carboxylic acids is 2. The monoisotopic (exact) mass is 227 g/mol. The van der Waals surface area contributed by atoms with Crippen LogP contribution in [-0.2, 0) is 23.4 Å². The summed E-state index contributed by atoms with van der Waals surface area (Å²) in [5.74, 6) is -2.26. The molecule has 1 amide bonds. The van der Waals surface area contributed by atoms with Crippen LogP contribution in [0.2, 0.25) is 0 Å². The lowest BCUT2D eigenvalue weighted by atomic mass is 10.6. The molecule has 0 unspecified atom stereocenters. The fourth-order valence-electron chi connectivity index (χ4n) is 0.451. The van der Waals surface area contributed by atoms with Crippen molar-refractivity contribution in [3.63, 3.8) is 0 Å². The van der Waals surface area contributed by atoms with Crippen molar-refractivity contribution in [1.29, 1.82) is 0 Å². The van der Waals surface area contributed by atoms with Crippen LogP contribution in [0.3, 0.4) is 0 Å². The quantitative estimate of drug-likeness (QED) is 0.237. The Bertz CT molecular complexity index is 259. The highest BCUT2D eigenvalue weighted by Gasteiger charge is 2.17. The number of nitrogens with one attached hydrogen (secondary N) is 1. The second-order valence-electron chi connectivity index (χ2n) is 1.99. The summed E-state index contributed by atoms with van der Waals surface area (Å²) in [4.78, 5) is 37.7. The smallest absolute Gasteiger partial charge is 0.459 e. The zero-order valence-corrected chi connectivity index (χ0v) is 8.19. The summed E-state index contributed by atoms with van der Waals surface area (Å²) in [6.45, 7) is 0.783. The lowest BCUT2D eigenvalue weighted by Crippen LogP contribution is -2.33. The Labute approximate surface area is 79.4 Å². The van der Waals surface area contributed by atoms with E-state index in [4.69, 9.17) is 9.79 Å². The van der Waals surface area contributed by atoms with Crippen molar-refractivity contribution in [3.8, 4) is 0 Å². The molecule has 0 saturated heterocycles. The van der Waals surface area contributed by atoms with Crippen molar-refractivity contribution >= 4 is 19.7 Å². The molecule has 14 heavy (non-hydrogen) atoms. The highest BCUT2D eigenvalue weighted by molar-refractivity contribution is 7.46. The van der Waals surface area contributed by atoms with Gasteiger partial charge in [-0.2, -0.15) is 0 Å². The van der Waals surface area contributed by atoms with Gasteiger partial charge in [0.1, 0.15) is 6.73 Å². The van der Waals surface area contributed by atoms with Crippen LogP contribution in [0.4, 0.5) is 0 Å². The normalized spacial score (nSPS) is 10.8. The molecule has 0 spiro atoms. The Morgan fingerprint density at radius 3 is 2.43 bits per heavy atom. The molecule has 3 N–H and O–H groups in total. The summed E-state index contributed by atoms with van der Waals surface area (Å²) < 4.78 is 18.3. The molecule has 0 aliphatic heterocycles. The average molecular weight is 227 g/mol. The second kappa shape index (κ2) is 5.71. The van der Waals surface area contributed by atoms with Gasteiger partial charge < -0.3 is 19.8 Å². The molecular weight excluding hydrogens is 217 g/mol. The minimum atomic E-state index is -4.63. The van der Waals surface area contributed by atoms with Crippen LogP contribution in [0.1, 0.15) is 6.92 Å². The molecule has 82 valence electrons. The van der Waals surface area contributed by atoms with Gasteiger partial charge in [0.25, 0.3) is 0 Å². The third-order valence-electron chi connectivity index (χ3n) is 0.926. The molecule has 0 aliphatic carbocycles. The molecule has 0 aromatic heterocycles. The van der Waals surface area contributed by atoms with Crippen LogP contribution in [-0.4, -0.2) is 35.0 Å². The summed E-state index contributed by atoms with van der Waals surface area (Å²) >= 11 is 0. The van der Waals surface area contributed by atoms with Crippen LogP contribution < -0.4 is 5.32 Å². The fourth-order valence-corrected chi connectivity index (χ4v) is 0.683. The van der Waals surface area contributed by atoms with Crippen molar-refractivity contribution in [2.45, 2.75) is 6.92 Å². The highest BCUT2D eigenvalue weighted by Crippen LogP contribution is 2.34. The molecule has 8 nitrogen and oxygen atoms in total. The number of ether oxygens (including phenoxy) is 1. The van der Waals surface area contributed by atoms with E-state index in [-0.39, 0.29) is 6.61 Å². The zero-order valence-electron chi connectivity index (χ0n) is 7.30. The Balaban J connectivity index is 3.75. The maximum atomic E-state index is 10.7. The molecule has 0 aliphatic rings. The van der Waals surface area contributed by atoms with E-state index in [1.54, 1.807) is 5.32 Å². The molecule has 0 heterocycles. The summed E-state index contributed by atoms with van der Waals surface area (Å²) in [6, 6.07) is 0. The van der Waals surface area contributed by atoms with Crippen molar-refractivity contribution in [1.82, 2.24) is 5.32 Å². The van der Waals surface area contributed by atoms with E-state index >= 15 is 0 Å². The van der Waals surface area contributed by atoms with Gasteiger partial charge in [-0.1, -0.05) is 0 Å². The van der Waals surface area contributed by atoms with Crippen molar-refractivity contribution in [3.05, 3.63) is 0 Å². The Hall–Kier alpha value is -0.950. The summed E-state index contributed by atoms with van der Waals surface area (Å²) in [5.41, 5.74) is 0. The lowest BCUT2D eigenvalue weighted by molar-refractivity contribution is -0.155. The van der Waals surface area contributed by atoms with Gasteiger partial charge >= 0.3 is 19.7 Å². The Kier molecular flexibility index (Phi) is 5.32. The molecule has 0 aromatic carbocycles. The SMILES string of the molecule is CCOC(=O)C(=O)NCOP(=O)(O)O. The lowest BCUT2D eigenvalue weighted by Gasteiger charge is -2.06. The van der Waals surface area contributed by atoms with Crippen molar-refractivity contribution in [2.75, 3.05) is 13.3 Å². The molecule has 0 fully saturated rings. The molecule has 0 atom stereocenters. The number of esters is 1. The van der Waals surface area contributed by atoms with Gasteiger partial charge in [-0.25, -0.2) is 9.36 Å². The van der Waals surface area contributed by atoms with Gasteiger partial charge in [0, 0.05) is 0 Å². The molecule has 0 aromatic rings. The molecule has 0 saturated carbocycles. The number of phosphoric acid groups is 1. The molecular formula is C5H10NO7P. The summed E-state index contributed by atoms with van der Waals surface area (Å²) in [7, 11) is -4.63. The van der Waals surface area contributed by atoms with E-state index in [0.717, 1.165) is 0 Å². The number of hydrogen-bond acceptors (Lipinski definition) is 5. The molecule has 9 heteroatoms. The predicted molar refractivity (Wildman–Crippen MR) is 42.8 cm³/mol. The number of amides is 1. The van der Waals surface area contributed by atoms with E-state index in [2.05, 4.69) is 9.26 Å². The topological polar surface area (TPSA) is 122 Å². The van der Waals surface area contributed by atoms with Crippen LogP contribution in [0.25, 0.3) is 0 Å². The largest absolute Gasteiger partial charge is 0.471 e. The maximum Gasteiger partial charge on any atom is 0.471 e. The van der Waals surface area contributed by atoms with E-state index in [1.165, 1.54) is 6.92 Å². The molecule has 0 bridgehead atoms. The minimum Gasteiger partial charge on any atom is -0.459 e. The van der Waals surface area contributed by atoms with Crippen LogP contribution in [0.5, 0.6) is 0 Å². The third-order valence-corrected chi connectivity index (χ3v) is 1.39. The first-order valence-electron chi connectivity index (χ1n) is 3.52. The van der Waals surface area contributed by atoms with Crippen molar-refractivity contribution in [2.24, 2.45) is 0 Å². The number of phosphoric ester groups is 1.